The van der Waals surface area contributed by atoms with Crippen LogP contribution in [0.2, 0.25) is 0 Å². The van der Waals surface area contributed by atoms with Crippen LogP contribution >= 0.6 is 15.9 Å². The van der Waals surface area contributed by atoms with Crippen molar-refractivity contribution in [3.8, 4) is 0 Å². The van der Waals surface area contributed by atoms with Gasteiger partial charge in [-0.1, -0.05) is 71.4 Å². The normalized spacial score (nSPS) is 16.2. The average molecular weight is 387 g/mol. The summed E-state index contributed by atoms with van der Waals surface area (Å²) in [5.74, 6) is 0.293. The smallest absolute Gasteiger partial charge is 0.0444 e. The summed E-state index contributed by atoms with van der Waals surface area (Å²) in [4.78, 5) is 0. The molecule has 0 bridgehead atoms. The largest absolute Gasteiger partial charge is 0.327 e. The van der Waals surface area contributed by atoms with Crippen molar-refractivity contribution in [3.63, 3.8) is 0 Å². The van der Waals surface area contributed by atoms with E-state index in [0.29, 0.717) is 5.92 Å². The third-order valence-corrected chi connectivity index (χ3v) is 5.35. The van der Waals surface area contributed by atoms with Gasteiger partial charge in [0.25, 0.3) is 0 Å². The van der Waals surface area contributed by atoms with Crippen LogP contribution in [0, 0.1) is 0 Å². The van der Waals surface area contributed by atoms with E-state index in [1.54, 1.807) is 0 Å². The summed E-state index contributed by atoms with van der Waals surface area (Å²) in [5.41, 5.74) is 15.2. The Balaban J connectivity index is 2.05. The van der Waals surface area contributed by atoms with Crippen LogP contribution in [0.3, 0.4) is 0 Å². The van der Waals surface area contributed by atoms with Gasteiger partial charge in [-0.3, -0.25) is 0 Å². The van der Waals surface area contributed by atoms with Gasteiger partial charge in [0.1, 0.15) is 0 Å². The Morgan fingerprint density at radius 2 is 1.75 bits per heavy atom. The van der Waals surface area contributed by atoms with Crippen LogP contribution in [0.1, 0.15) is 43.2 Å². The van der Waals surface area contributed by atoms with Crippen molar-refractivity contribution >= 4 is 15.9 Å². The van der Waals surface area contributed by atoms with E-state index in [0.717, 1.165) is 29.3 Å². The van der Waals surface area contributed by atoms with Gasteiger partial charge in [0, 0.05) is 16.1 Å². The Labute approximate surface area is 154 Å². The summed E-state index contributed by atoms with van der Waals surface area (Å²) in [6.07, 6.45) is 4.36. The van der Waals surface area contributed by atoms with Crippen LogP contribution < -0.4 is 11.5 Å². The van der Waals surface area contributed by atoms with Crippen molar-refractivity contribution in [2.24, 2.45) is 11.5 Å². The van der Waals surface area contributed by atoms with Gasteiger partial charge in [-0.05, 0) is 48.4 Å². The van der Waals surface area contributed by atoms with Crippen molar-refractivity contribution in [1.82, 2.24) is 0 Å². The zero-order valence-corrected chi connectivity index (χ0v) is 15.9. The monoisotopic (exact) mass is 386 g/mol. The molecule has 128 valence electrons. The Hall–Kier alpha value is -1.42. The first-order valence-electron chi connectivity index (χ1n) is 8.42. The summed E-state index contributed by atoms with van der Waals surface area (Å²) < 4.78 is 1.09. The van der Waals surface area contributed by atoms with Crippen LogP contribution in [-0.2, 0) is 5.54 Å². The van der Waals surface area contributed by atoms with Gasteiger partial charge in [-0.15, -0.1) is 6.58 Å². The number of hydrogen-bond acceptors (Lipinski definition) is 2. The lowest BCUT2D eigenvalue weighted by Crippen LogP contribution is -2.39. The van der Waals surface area contributed by atoms with Gasteiger partial charge in [-0.25, -0.2) is 0 Å². The third-order valence-electron chi connectivity index (χ3n) is 4.82. The minimum Gasteiger partial charge on any atom is -0.327 e. The van der Waals surface area contributed by atoms with Crippen molar-refractivity contribution in [1.29, 1.82) is 0 Å². The molecule has 0 radical (unpaired) electrons. The van der Waals surface area contributed by atoms with Gasteiger partial charge in [0.15, 0.2) is 0 Å². The second kappa shape index (κ2) is 8.61. The number of rotatable bonds is 8. The molecule has 2 unspecified atom stereocenters. The maximum atomic E-state index is 6.70. The van der Waals surface area contributed by atoms with Gasteiger partial charge in [-0.2, -0.15) is 0 Å². The molecule has 2 rings (SSSR count). The van der Waals surface area contributed by atoms with E-state index in [9.17, 15) is 0 Å². The lowest BCUT2D eigenvalue weighted by atomic mass is 9.80. The fourth-order valence-electron chi connectivity index (χ4n) is 3.08. The highest BCUT2D eigenvalue weighted by Crippen LogP contribution is 2.31. The minimum absolute atomic E-state index is 0.0719. The van der Waals surface area contributed by atoms with E-state index in [1.165, 1.54) is 5.56 Å². The lowest BCUT2D eigenvalue weighted by molar-refractivity contribution is 0.366. The van der Waals surface area contributed by atoms with Gasteiger partial charge >= 0.3 is 0 Å². The molecule has 3 heteroatoms. The summed E-state index contributed by atoms with van der Waals surface area (Å²) in [6, 6.07) is 18.7. The molecule has 0 aromatic heterocycles. The Morgan fingerprint density at radius 3 is 2.33 bits per heavy atom. The van der Waals surface area contributed by atoms with Gasteiger partial charge in [0.05, 0.1) is 0 Å². The zero-order valence-electron chi connectivity index (χ0n) is 14.3. The van der Waals surface area contributed by atoms with Crippen molar-refractivity contribution in [3.05, 3.63) is 82.9 Å². The SMILES string of the molecule is C=CC[C@@](N)(CCC(N)C(C)c1ccc(Br)cc1)c1ccccc1. The van der Waals surface area contributed by atoms with Gasteiger partial charge < -0.3 is 11.5 Å². The molecule has 3 atom stereocenters. The quantitative estimate of drug-likeness (QED) is 0.620. The van der Waals surface area contributed by atoms with Crippen LogP contribution in [-0.4, -0.2) is 6.04 Å². The average Bonchev–Trinajstić information content (AvgIpc) is 2.61. The van der Waals surface area contributed by atoms with Crippen LogP contribution in [0.25, 0.3) is 0 Å². The number of benzene rings is 2. The van der Waals surface area contributed by atoms with Crippen LogP contribution in [0.5, 0.6) is 0 Å². The molecule has 0 aliphatic carbocycles. The highest BCUT2D eigenvalue weighted by Gasteiger charge is 2.27. The first-order chi connectivity index (χ1) is 11.5. The zero-order chi connectivity index (χ0) is 17.6. The van der Waals surface area contributed by atoms with Crippen molar-refractivity contribution in [2.45, 2.75) is 43.7 Å². The van der Waals surface area contributed by atoms with E-state index >= 15 is 0 Å². The van der Waals surface area contributed by atoms with Crippen molar-refractivity contribution in [2.75, 3.05) is 0 Å². The first-order valence-corrected chi connectivity index (χ1v) is 9.22. The summed E-state index contributed by atoms with van der Waals surface area (Å²) in [6.45, 7) is 6.06. The topological polar surface area (TPSA) is 52.0 Å². The first kappa shape index (κ1) is 18.9. The maximum Gasteiger partial charge on any atom is 0.0444 e. The Morgan fingerprint density at radius 1 is 1.12 bits per heavy atom. The molecule has 0 amide bonds. The number of nitrogens with two attached hydrogens (primary N) is 2. The molecule has 0 aliphatic heterocycles. The molecule has 0 saturated carbocycles. The molecule has 2 aromatic carbocycles. The molecule has 24 heavy (non-hydrogen) atoms. The predicted octanol–water partition coefficient (Wildman–Crippen LogP) is 5.09. The van der Waals surface area contributed by atoms with Crippen LogP contribution in [0.4, 0.5) is 0 Å². The minimum atomic E-state index is -0.403. The standard InChI is InChI=1S/C21H27BrN2/c1-3-14-21(24,18-7-5-4-6-8-18)15-13-20(23)16(2)17-9-11-19(22)12-10-17/h3-12,16,20H,1,13-15,23-24H2,2H3/t16?,20?,21-/m1/s1. The van der Waals surface area contributed by atoms with E-state index in [1.807, 2.05) is 24.3 Å². The Kier molecular flexibility index (Phi) is 6.79. The summed E-state index contributed by atoms with van der Waals surface area (Å²) >= 11 is 3.47. The molecule has 4 N–H and O–H groups in total. The van der Waals surface area contributed by atoms with E-state index < -0.39 is 5.54 Å². The Bertz CT molecular complexity index is 639. The van der Waals surface area contributed by atoms with E-state index in [-0.39, 0.29) is 6.04 Å². The highest BCUT2D eigenvalue weighted by molar-refractivity contribution is 9.10. The molecule has 2 aromatic rings. The van der Waals surface area contributed by atoms with Gasteiger partial charge in [0.2, 0.25) is 0 Å². The fraction of sp³-hybridized carbons (Fsp3) is 0.333. The fourth-order valence-corrected chi connectivity index (χ4v) is 3.34. The molecule has 0 fully saturated rings. The summed E-state index contributed by atoms with van der Waals surface area (Å²) in [5, 5.41) is 0. The molecular weight excluding hydrogens is 360 g/mol. The number of halogens is 1. The maximum absolute atomic E-state index is 6.70. The molecule has 0 heterocycles. The van der Waals surface area contributed by atoms with E-state index in [4.69, 9.17) is 11.5 Å². The van der Waals surface area contributed by atoms with E-state index in [2.05, 4.69) is 65.8 Å². The molecular formula is C21H27BrN2. The summed E-state index contributed by atoms with van der Waals surface area (Å²) in [7, 11) is 0. The molecule has 0 saturated heterocycles. The molecule has 2 nitrogen and oxygen atoms in total. The van der Waals surface area contributed by atoms with Crippen molar-refractivity contribution < 1.29 is 0 Å². The number of hydrogen-bond donors (Lipinski definition) is 2. The predicted molar refractivity (Wildman–Crippen MR) is 107 cm³/mol. The second-order valence-electron chi connectivity index (χ2n) is 6.56. The highest BCUT2D eigenvalue weighted by atomic mass is 79.9. The third kappa shape index (κ3) is 4.79. The van der Waals surface area contributed by atoms with Crippen LogP contribution in [0.15, 0.2) is 71.7 Å². The molecule has 0 aliphatic rings. The molecule has 0 spiro atoms. The second-order valence-corrected chi connectivity index (χ2v) is 7.47. The lowest BCUT2D eigenvalue weighted by Gasteiger charge is -2.31.